The fourth-order valence-corrected chi connectivity index (χ4v) is 2.50. The zero-order valence-corrected chi connectivity index (χ0v) is 14.6. The number of nitrogens with one attached hydrogen (secondary N) is 1. The number of aliphatic hydroxyl groups is 1. The van der Waals surface area contributed by atoms with Crippen LogP contribution in [0.15, 0.2) is 48.5 Å². The summed E-state index contributed by atoms with van der Waals surface area (Å²) in [4.78, 5) is 23.5. The minimum absolute atomic E-state index is 0.337. The van der Waals surface area contributed by atoms with E-state index in [4.69, 9.17) is 5.11 Å². The van der Waals surface area contributed by atoms with Gasteiger partial charge in [0.25, 0.3) is 5.91 Å². The molecule has 0 fully saturated rings. The maximum atomic E-state index is 12.3. The number of hydrogen-bond acceptors (Lipinski definition) is 3. The summed E-state index contributed by atoms with van der Waals surface area (Å²) in [5, 5.41) is 21.4. The third kappa shape index (κ3) is 4.67. The molecule has 0 aliphatic heterocycles. The van der Waals surface area contributed by atoms with Crippen LogP contribution in [0.5, 0.6) is 0 Å². The molecule has 0 radical (unpaired) electrons. The van der Waals surface area contributed by atoms with Crippen molar-refractivity contribution in [3.05, 3.63) is 59.7 Å². The summed E-state index contributed by atoms with van der Waals surface area (Å²) < 4.78 is 0. The van der Waals surface area contributed by atoms with Gasteiger partial charge < -0.3 is 15.5 Å². The van der Waals surface area contributed by atoms with Crippen molar-refractivity contribution in [2.45, 2.75) is 38.8 Å². The van der Waals surface area contributed by atoms with Crippen molar-refractivity contribution in [1.29, 1.82) is 0 Å². The van der Waals surface area contributed by atoms with Crippen molar-refractivity contribution in [2.24, 2.45) is 0 Å². The Kier molecular flexibility index (Phi) is 5.59. The van der Waals surface area contributed by atoms with Crippen molar-refractivity contribution in [1.82, 2.24) is 5.32 Å². The van der Waals surface area contributed by atoms with Crippen LogP contribution in [0.25, 0.3) is 11.1 Å². The van der Waals surface area contributed by atoms with Gasteiger partial charge in [-0.15, -0.1) is 0 Å². The molecule has 2 aromatic rings. The molecule has 5 nitrogen and oxygen atoms in total. The SMILES string of the molecule is CCc1ccc(-c2ccc(C(=O)NC(C(=O)O)C(C)(C)O)cc2)cc1. The molecule has 0 saturated carbocycles. The van der Waals surface area contributed by atoms with Gasteiger partial charge in [0.05, 0.1) is 5.60 Å². The second-order valence-corrected chi connectivity index (χ2v) is 6.53. The van der Waals surface area contributed by atoms with E-state index in [1.807, 2.05) is 24.3 Å². The van der Waals surface area contributed by atoms with Crippen LogP contribution in [0.3, 0.4) is 0 Å². The number of carboxylic acid groups (broad SMARTS) is 1. The third-order valence-corrected chi connectivity index (χ3v) is 4.07. The molecule has 25 heavy (non-hydrogen) atoms. The van der Waals surface area contributed by atoms with Gasteiger partial charge in [0.15, 0.2) is 6.04 Å². The molecule has 0 bridgehead atoms. The number of carboxylic acids is 1. The zero-order valence-electron chi connectivity index (χ0n) is 14.6. The molecule has 0 spiro atoms. The molecule has 1 amide bonds. The van der Waals surface area contributed by atoms with E-state index in [1.54, 1.807) is 12.1 Å². The lowest BCUT2D eigenvalue weighted by Crippen LogP contribution is -2.54. The van der Waals surface area contributed by atoms with Crippen LogP contribution in [0.4, 0.5) is 0 Å². The molecule has 1 unspecified atom stereocenters. The Morgan fingerprint density at radius 2 is 1.48 bits per heavy atom. The first kappa shape index (κ1) is 18.7. The van der Waals surface area contributed by atoms with Gasteiger partial charge in [0.1, 0.15) is 0 Å². The number of aliphatic carboxylic acids is 1. The summed E-state index contributed by atoms with van der Waals surface area (Å²) in [6.07, 6.45) is 0.978. The normalized spacial score (nSPS) is 12.5. The Morgan fingerprint density at radius 3 is 1.88 bits per heavy atom. The van der Waals surface area contributed by atoms with Crippen LogP contribution in [-0.4, -0.2) is 33.7 Å². The van der Waals surface area contributed by atoms with Gasteiger partial charge in [0, 0.05) is 5.56 Å². The van der Waals surface area contributed by atoms with Gasteiger partial charge in [-0.1, -0.05) is 43.3 Å². The van der Waals surface area contributed by atoms with Gasteiger partial charge in [-0.05, 0) is 49.1 Å². The molecule has 0 heterocycles. The molecule has 5 heteroatoms. The maximum Gasteiger partial charge on any atom is 0.329 e. The molecule has 0 aromatic heterocycles. The number of carbonyl (C=O) groups is 2. The van der Waals surface area contributed by atoms with Crippen molar-refractivity contribution in [3.63, 3.8) is 0 Å². The molecule has 3 N–H and O–H groups in total. The minimum Gasteiger partial charge on any atom is -0.480 e. The standard InChI is InChI=1S/C20H23NO4/c1-4-13-5-7-14(8-6-13)15-9-11-16(12-10-15)18(22)21-17(19(23)24)20(2,3)25/h5-12,17,25H,4H2,1-3H3,(H,21,22)(H,23,24). The van der Waals surface area contributed by atoms with Crippen LogP contribution in [0.1, 0.15) is 36.7 Å². The summed E-state index contributed by atoms with van der Waals surface area (Å²) in [6.45, 7) is 4.78. The number of carbonyl (C=O) groups excluding carboxylic acids is 1. The van der Waals surface area contributed by atoms with Crippen molar-refractivity contribution >= 4 is 11.9 Å². The molecule has 0 aliphatic carbocycles. The van der Waals surface area contributed by atoms with Gasteiger partial charge in [0.2, 0.25) is 0 Å². The number of aryl methyl sites for hydroxylation is 1. The Labute approximate surface area is 147 Å². The van der Waals surface area contributed by atoms with Crippen LogP contribution in [-0.2, 0) is 11.2 Å². The largest absolute Gasteiger partial charge is 0.480 e. The lowest BCUT2D eigenvalue weighted by Gasteiger charge is -2.26. The molecule has 0 aliphatic rings. The van der Waals surface area contributed by atoms with Gasteiger partial charge in [-0.2, -0.15) is 0 Å². The molecule has 132 valence electrons. The predicted molar refractivity (Wildman–Crippen MR) is 96.4 cm³/mol. The Balaban J connectivity index is 2.15. The fraction of sp³-hybridized carbons (Fsp3) is 0.300. The van der Waals surface area contributed by atoms with Crippen molar-refractivity contribution in [2.75, 3.05) is 0 Å². The number of hydrogen-bond donors (Lipinski definition) is 3. The first-order valence-electron chi connectivity index (χ1n) is 8.17. The second kappa shape index (κ2) is 7.49. The van der Waals surface area contributed by atoms with Crippen molar-refractivity contribution in [3.8, 4) is 11.1 Å². The first-order valence-corrected chi connectivity index (χ1v) is 8.17. The van der Waals surface area contributed by atoms with Gasteiger partial charge in [-0.25, -0.2) is 4.79 Å². The van der Waals surface area contributed by atoms with E-state index >= 15 is 0 Å². The highest BCUT2D eigenvalue weighted by Crippen LogP contribution is 2.21. The van der Waals surface area contributed by atoms with E-state index in [0.29, 0.717) is 5.56 Å². The van der Waals surface area contributed by atoms with Gasteiger partial charge >= 0.3 is 5.97 Å². The second-order valence-electron chi connectivity index (χ2n) is 6.53. The average Bonchev–Trinajstić information content (AvgIpc) is 2.58. The van der Waals surface area contributed by atoms with Crippen LogP contribution >= 0.6 is 0 Å². The third-order valence-electron chi connectivity index (χ3n) is 4.07. The fourth-order valence-electron chi connectivity index (χ4n) is 2.50. The number of amides is 1. The predicted octanol–water partition coefficient (Wildman–Crippen LogP) is 2.87. The van der Waals surface area contributed by atoms with E-state index in [-0.39, 0.29) is 0 Å². The number of benzene rings is 2. The quantitative estimate of drug-likeness (QED) is 0.754. The maximum absolute atomic E-state index is 12.3. The molecule has 2 aromatic carbocycles. The van der Waals surface area contributed by atoms with E-state index < -0.39 is 23.5 Å². The monoisotopic (exact) mass is 341 g/mol. The van der Waals surface area contributed by atoms with E-state index in [0.717, 1.165) is 17.5 Å². The van der Waals surface area contributed by atoms with Gasteiger partial charge in [-0.3, -0.25) is 4.79 Å². The highest BCUT2D eigenvalue weighted by atomic mass is 16.4. The molecule has 2 rings (SSSR count). The molecule has 1 atom stereocenters. The first-order chi connectivity index (χ1) is 11.7. The lowest BCUT2D eigenvalue weighted by molar-refractivity contribution is -0.145. The molecular weight excluding hydrogens is 318 g/mol. The summed E-state index contributed by atoms with van der Waals surface area (Å²) in [5.74, 6) is -1.82. The molecule has 0 saturated heterocycles. The van der Waals surface area contributed by atoms with E-state index in [2.05, 4.69) is 24.4 Å². The lowest BCUT2D eigenvalue weighted by atomic mass is 9.98. The highest BCUT2D eigenvalue weighted by Gasteiger charge is 2.34. The molecular formula is C20H23NO4. The smallest absolute Gasteiger partial charge is 0.329 e. The summed E-state index contributed by atoms with van der Waals surface area (Å²) in [6, 6.07) is 13.7. The van der Waals surface area contributed by atoms with Crippen LogP contribution in [0.2, 0.25) is 0 Å². The summed E-state index contributed by atoms with van der Waals surface area (Å²) in [5.41, 5.74) is 2.04. The highest BCUT2D eigenvalue weighted by molar-refractivity contribution is 5.97. The zero-order chi connectivity index (χ0) is 18.6. The summed E-state index contributed by atoms with van der Waals surface area (Å²) in [7, 11) is 0. The topological polar surface area (TPSA) is 86.6 Å². The Hall–Kier alpha value is -2.66. The minimum atomic E-state index is -1.57. The van der Waals surface area contributed by atoms with E-state index in [1.165, 1.54) is 19.4 Å². The van der Waals surface area contributed by atoms with Crippen molar-refractivity contribution < 1.29 is 19.8 Å². The Bertz CT molecular complexity index is 743. The van der Waals surface area contributed by atoms with Crippen LogP contribution < -0.4 is 5.32 Å². The van der Waals surface area contributed by atoms with E-state index in [9.17, 15) is 14.7 Å². The number of rotatable bonds is 6. The average molecular weight is 341 g/mol. The van der Waals surface area contributed by atoms with Crippen LogP contribution in [0, 0.1) is 0 Å². The summed E-state index contributed by atoms with van der Waals surface area (Å²) >= 11 is 0. The Morgan fingerprint density at radius 1 is 1.00 bits per heavy atom.